The van der Waals surface area contributed by atoms with Crippen LogP contribution < -0.4 is 0 Å². The number of aliphatic hydroxyl groups excluding tert-OH is 1. The Morgan fingerprint density at radius 3 is 2.43 bits per heavy atom. The summed E-state index contributed by atoms with van der Waals surface area (Å²) < 4.78 is 4.62. The van der Waals surface area contributed by atoms with Gasteiger partial charge in [-0.05, 0) is 19.3 Å². The van der Waals surface area contributed by atoms with Crippen LogP contribution in [-0.2, 0) is 14.3 Å². The first-order valence-corrected chi connectivity index (χ1v) is 7.25. The number of carbonyl (C=O) groups excluding carboxylic acids is 2. The molecule has 5 nitrogen and oxygen atoms in total. The van der Waals surface area contributed by atoms with E-state index in [9.17, 15) is 14.7 Å². The number of aliphatic imine (C=N–C) groups is 1. The summed E-state index contributed by atoms with van der Waals surface area (Å²) in [4.78, 5) is 28.1. The molecule has 0 unspecified atom stereocenters. The Kier molecular flexibility index (Phi) is 5.70. The van der Waals surface area contributed by atoms with Crippen LogP contribution >= 0.6 is 0 Å². The topological polar surface area (TPSA) is 76.0 Å². The van der Waals surface area contributed by atoms with E-state index in [4.69, 9.17) is 0 Å². The summed E-state index contributed by atoms with van der Waals surface area (Å²) >= 11 is 0. The molecule has 0 aromatic carbocycles. The Labute approximate surface area is 126 Å². The second-order valence-corrected chi connectivity index (χ2v) is 6.51. The Morgan fingerprint density at radius 1 is 1.33 bits per heavy atom. The van der Waals surface area contributed by atoms with Gasteiger partial charge < -0.3 is 9.84 Å². The van der Waals surface area contributed by atoms with Gasteiger partial charge >= 0.3 is 5.97 Å². The molecule has 0 radical (unpaired) electrons. The summed E-state index contributed by atoms with van der Waals surface area (Å²) in [5.74, 6) is -0.372. The first-order chi connectivity index (χ1) is 9.66. The molecule has 0 heterocycles. The quantitative estimate of drug-likeness (QED) is 0.625. The monoisotopic (exact) mass is 295 g/mol. The molecule has 1 aliphatic carbocycles. The number of Topliss-reactive ketones (excluding diaryl/α,β-unsaturated/α-hetero) is 1. The van der Waals surface area contributed by atoms with E-state index in [0.717, 1.165) is 0 Å². The SMILES string of the molecule is COC(=O)CCC(=NC(C)C)C1=C(O)CC(C)(C)CC1=O. The fraction of sp³-hybridized carbons (Fsp3) is 0.688. The largest absolute Gasteiger partial charge is 0.511 e. The van der Waals surface area contributed by atoms with Crippen LogP contribution in [0, 0.1) is 5.41 Å². The number of esters is 1. The second-order valence-electron chi connectivity index (χ2n) is 6.51. The van der Waals surface area contributed by atoms with Gasteiger partial charge in [0.15, 0.2) is 5.78 Å². The van der Waals surface area contributed by atoms with Crippen molar-refractivity contribution in [2.24, 2.45) is 10.4 Å². The maximum atomic E-state index is 12.3. The minimum Gasteiger partial charge on any atom is -0.511 e. The van der Waals surface area contributed by atoms with Crippen molar-refractivity contribution in [3.63, 3.8) is 0 Å². The molecule has 0 atom stereocenters. The Morgan fingerprint density at radius 2 is 1.95 bits per heavy atom. The molecule has 0 aromatic heterocycles. The third-order valence-corrected chi connectivity index (χ3v) is 3.35. The van der Waals surface area contributed by atoms with Crippen molar-refractivity contribution < 1.29 is 19.4 Å². The predicted molar refractivity (Wildman–Crippen MR) is 81.5 cm³/mol. The summed E-state index contributed by atoms with van der Waals surface area (Å²) in [6.45, 7) is 7.69. The highest BCUT2D eigenvalue weighted by molar-refractivity contribution is 6.23. The Bertz CT molecular complexity index is 487. The predicted octanol–water partition coefficient (Wildman–Crippen LogP) is 2.99. The smallest absolute Gasteiger partial charge is 0.305 e. The van der Waals surface area contributed by atoms with Crippen molar-refractivity contribution in [1.29, 1.82) is 0 Å². The summed E-state index contributed by atoms with van der Waals surface area (Å²) in [6.07, 6.45) is 1.27. The van der Waals surface area contributed by atoms with Gasteiger partial charge in [0.25, 0.3) is 0 Å². The summed E-state index contributed by atoms with van der Waals surface area (Å²) in [7, 11) is 1.33. The number of methoxy groups -OCH3 is 1. The van der Waals surface area contributed by atoms with Crippen LogP contribution in [0.15, 0.2) is 16.3 Å². The highest BCUT2D eigenvalue weighted by Crippen LogP contribution is 2.36. The minimum absolute atomic E-state index is 0.0133. The molecular weight excluding hydrogens is 270 g/mol. The molecule has 0 saturated carbocycles. The number of hydrogen-bond donors (Lipinski definition) is 1. The van der Waals surface area contributed by atoms with Crippen LogP contribution in [0.25, 0.3) is 0 Å². The van der Waals surface area contributed by atoms with Crippen LogP contribution in [0.5, 0.6) is 0 Å². The number of hydrogen-bond acceptors (Lipinski definition) is 5. The van der Waals surface area contributed by atoms with Crippen LogP contribution in [0.2, 0.25) is 0 Å². The molecule has 0 aliphatic heterocycles. The molecule has 1 rings (SSSR count). The van der Waals surface area contributed by atoms with Crippen LogP contribution in [0.1, 0.15) is 53.4 Å². The van der Waals surface area contributed by atoms with Crippen molar-refractivity contribution in [3.8, 4) is 0 Å². The van der Waals surface area contributed by atoms with Crippen molar-refractivity contribution in [1.82, 2.24) is 0 Å². The van der Waals surface area contributed by atoms with Gasteiger partial charge in [-0.2, -0.15) is 0 Å². The molecule has 0 saturated heterocycles. The molecule has 0 bridgehead atoms. The van der Waals surface area contributed by atoms with E-state index >= 15 is 0 Å². The first-order valence-electron chi connectivity index (χ1n) is 7.25. The fourth-order valence-corrected chi connectivity index (χ4v) is 2.50. The number of rotatable bonds is 5. The minimum atomic E-state index is -0.352. The number of ether oxygens (including phenoxy) is 1. The second kappa shape index (κ2) is 6.87. The Balaban J connectivity index is 3.08. The van der Waals surface area contributed by atoms with E-state index in [-0.39, 0.29) is 35.4 Å². The molecule has 1 aliphatic rings. The van der Waals surface area contributed by atoms with E-state index < -0.39 is 0 Å². The molecule has 0 spiro atoms. The zero-order valence-electron chi connectivity index (χ0n) is 13.5. The van der Waals surface area contributed by atoms with Gasteiger partial charge in [0.2, 0.25) is 0 Å². The van der Waals surface area contributed by atoms with E-state index in [1.54, 1.807) is 0 Å². The number of allylic oxidation sites excluding steroid dienone is 2. The van der Waals surface area contributed by atoms with Crippen LogP contribution in [0.4, 0.5) is 0 Å². The van der Waals surface area contributed by atoms with Gasteiger partial charge in [-0.3, -0.25) is 14.6 Å². The summed E-state index contributed by atoms with van der Waals surface area (Å²) in [6, 6.07) is -0.0133. The number of aliphatic hydroxyl groups is 1. The molecule has 0 amide bonds. The van der Waals surface area contributed by atoms with Gasteiger partial charge in [0.1, 0.15) is 5.76 Å². The highest BCUT2D eigenvalue weighted by atomic mass is 16.5. The highest BCUT2D eigenvalue weighted by Gasteiger charge is 2.35. The molecular formula is C16H25NO4. The summed E-state index contributed by atoms with van der Waals surface area (Å²) in [5.41, 5.74) is 0.566. The maximum absolute atomic E-state index is 12.3. The van der Waals surface area contributed by atoms with Gasteiger partial charge in [0, 0.05) is 31.0 Å². The van der Waals surface area contributed by atoms with Gasteiger partial charge in [-0.15, -0.1) is 0 Å². The number of ketones is 1. The zero-order valence-corrected chi connectivity index (χ0v) is 13.5. The lowest BCUT2D eigenvalue weighted by Gasteiger charge is -2.30. The zero-order chi connectivity index (χ0) is 16.2. The van der Waals surface area contributed by atoms with Crippen LogP contribution in [-0.4, -0.2) is 35.7 Å². The molecule has 5 heteroatoms. The molecule has 21 heavy (non-hydrogen) atoms. The number of nitrogens with zero attached hydrogens (tertiary/aromatic N) is 1. The van der Waals surface area contributed by atoms with Crippen molar-refractivity contribution in [3.05, 3.63) is 11.3 Å². The maximum Gasteiger partial charge on any atom is 0.305 e. The van der Waals surface area contributed by atoms with Gasteiger partial charge in [-0.25, -0.2) is 0 Å². The Hall–Kier alpha value is -1.65. The third kappa shape index (κ3) is 4.99. The van der Waals surface area contributed by atoms with E-state index in [2.05, 4.69) is 9.73 Å². The average Bonchev–Trinajstić information content (AvgIpc) is 2.32. The van der Waals surface area contributed by atoms with Crippen molar-refractivity contribution >= 4 is 17.5 Å². The first kappa shape index (κ1) is 17.4. The molecule has 118 valence electrons. The lowest BCUT2D eigenvalue weighted by Crippen LogP contribution is -2.30. The fourth-order valence-electron chi connectivity index (χ4n) is 2.50. The summed E-state index contributed by atoms with van der Waals surface area (Å²) in [5, 5.41) is 10.2. The van der Waals surface area contributed by atoms with E-state index in [1.807, 2.05) is 27.7 Å². The lowest BCUT2D eigenvalue weighted by molar-refractivity contribution is -0.140. The number of carbonyl (C=O) groups is 2. The van der Waals surface area contributed by atoms with Crippen LogP contribution in [0.3, 0.4) is 0 Å². The lowest BCUT2D eigenvalue weighted by atomic mass is 9.75. The molecule has 1 N–H and O–H groups in total. The van der Waals surface area contributed by atoms with Crippen molar-refractivity contribution in [2.75, 3.05) is 7.11 Å². The third-order valence-electron chi connectivity index (χ3n) is 3.35. The van der Waals surface area contributed by atoms with Crippen molar-refractivity contribution in [2.45, 2.75) is 59.4 Å². The average molecular weight is 295 g/mol. The van der Waals surface area contributed by atoms with Gasteiger partial charge in [-0.1, -0.05) is 13.8 Å². The molecule has 0 fully saturated rings. The van der Waals surface area contributed by atoms with Gasteiger partial charge in [0.05, 0.1) is 19.1 Å². The normalized spacial score (nSPS) is 19.1. The molecule has 0 aromatic rings. The van der Waals surface area contributed by atoms with E-state index in [0.29, 0.717) is 30.5 Å². The van der Waals surface area contributed by atoms with E-state index in [1.165, 1.54) is 7.11 Å². The standard InChI is InChI=1S/C16H25NO4/c1-10(2)17-11(6-7-14(20)21-5)15-12(18)8-16(3,4)9-13(15)19/h10,18H,6-9H2,1-5H3.